The van der Waals surface area contributed by atoms with Crippen molar-refractivity contribution in [2.24, 2.45) is 0 Å². The second kappa shape index (κ2) is 5.78. The number of ether oxygens (including phenoxy) is 1. The van der Waals surface area contributed by atoms with E-state index in [2.05, 4.69) is 15.9 Å². The predicted molar refractivity (Wildman–Crippen MR) is 70.3 cm³/mol. The van der Waals surface area contributed by atoms with E-state index in [1.165, 1.54) is 12.1 Å². The van der Waals surface area contributed by atoms with E-state index in [9.17, 15) is 9.18 Å². The van der Waals surface area contributed by atoms with Gasteiger partial charge in [0.15, 0.2) is 6.29 Å². The van der Waals surface area contributed by atoms with Crippen molar-refractivity contribution in [3.63, 3.8) is 0 Å². The average Bonchev–Trinajstić information content (AvgIpc) is 2.37. The quantitative estimate of drug-likeness (QED) is 0.799. The molecule has 2 aromatic rings. The molecule has 0 aliphatic carbocycles. The first-order chi connectivity index (χ1) is 8.69. The minimum Gasteiger partial charge on any atom is -0.488 e. The van der Waals surface area contributed by atoms with Crippen molar-refractivity contribution >= 4 is 22.2 Å². The third kappa shape index (κ3) is 3.17. The summed E-state index contributed by atoms with van der Waals surface area (Å²) in [7, 11) is 0. The maximum absolute atomic E-state index is 12.9. The Morgan fingerprint density at radius 3 is 2.78 bits per heavy atom. The van der Waals surface area contributed by atoms with Crippen molar-refractivity contribution in [3.05, 3.63) is 63.9 Å². The van der Waals surface area contributed by atoms with Gasteiger partial charge in [0.2, 0.25) is 0 Å². The van der Waals surface area contributed by atoms with Crippen molar-refractivity contribution in [2.75, 3.05) is 0 Å². The number of rotatable bonds is 4. The minimum atomic E-state index is -0.452. The summed E-state index contributed by atoms with van der Waals surface area (Å²) in [5.74, 6) is -0.0710. The van der Waals surface area contributed by atoms with Crippen LogP contribution in [-0.2, 0) is 6.61 Å². The SMILES string of the molecule is O=Cc1cc(F)ccc1OCc1cccc(Br)c1. The number of benzene rings is 2. The standard InChI is InChI=1S/C14H10BrFO2/c15-12-3-1-2-10(6-12)9-18-14-5-4-13(16)7-11(14)8-17/h1-8H,9H2. The van der Waals surface area contributed by atoms with Crippen LogP contribution in [0.1, 0.15) is 15.9 Å². The van der Waals surface area contributed by atoms with Crippen LogP contribution in [0.2, 0.25) is 0 Å². The molecule has 2 nitrogen and oxygen atoms in total. The molecule has 0 atom stereocenters. The first kappa shape index (κ1) is 12.8. The number of hydrogen-bond acceptors (Lipinski definition) is 2. The number of carbonyl (C=O) groups excluding carboxylic acids is 1. The fraction of sp³-hybridized carbons (Fsp3) is 0.0714. The zero-order valence-corrected chi connectivity index (χ0v) is 11.0. The summed E-state index contributed by atoms with van der Waals surface area (Å²) in [6.07, 6.45) is 0.583. The van der Waals surface area contributed by atoms with E-state index in [4.69, 9.17) is 4.74 Å². The Morgan fingerprint density at radius 2 is 2.06 bits per heavy atom. The summed E-state index contributed by atoms with van der Waals surface area (Å²) in [4.78, 5) is 10.8. The largest absolute Gasteiger partial charge is 0.488 e. The Bertz CT molecular complexity index is 569. The maximum Gasteiger partial charge on any atom is 0.153 e. The van der Waals surface area contributed by atoms with E-state index in [1.807, 2.05) is 24.3 Å². The fourth-order valence-corrected chi connectivity index (χ4v) is 1.98. The fourth-order valence-electron chi connectivity index (χ4n) is 1.53. The van der Waals surface area contributed by atoms with Gasteiger partial charge in [-0.05, 0) is 35.9 Å². The van der Waals surface area contributed by atoms with Crippen LogP contribution in [0.3, 0.4) is 0 Å². The minimum absolute atomic E-state index is 0.213. The van der Waals surface area contributed by atoms with Crippen molar-refractivity contribution in [2.45, 2.75) is 6.61 Å². The Hall–Kier alpha value is -1.68. The molecule has 0 bridgehead atoms. The van der Waals surface area contributed by atoms with Crippen molar-refractivity contribution in [1.82, 2.24) is 0 Å². The molecule has 0 spiro atoms. The molecular formula is C14H10BrFO2. The van der Waals surface area contributed by atoms with Gasteiger partial charge < -0.3 is 4.74 Å². The van der Waals surface area contributed by atoms with Gasteiger partial charge in [-0.25, -0.2) is 4.39 Å². The van der Waals surface area contributed by atoms with Crippen LogP contribution in [0.15, 0.2) is 46.9 Å². The van der Waals surface area contributed by atoms with Crippen LogP contribution in [0, 0.1) is 5.82 Å². The molecule has 0 saturated carbocycles. The zero-order chi connectivity index (χ0) is 13.0. The van der Waals surface area contributed by atoms with Crippen LogP contribution in [0.25, 0.3) is 0 Å². The highest BCUT2D eigenvalue weighted by Crippen LogP contribution is 2.20. The normalized spacial score (nSPS) is 10.1. The van der Waals surface area contributed by atoms with E-state index in [-0.39, 0.29) is 5.56 Å². The molecule has 2 rings (SSSR count). The predicted octanol–water partition coefficient (Wildman–Crippen LogP) is 3.98. The molecule has 92 valence electrons. The molecule has 0 aliphatic rings. The topological polar surface area (TPSA) is 26.3 Å². The van der Waals surface area contributed by atoms with Crippen molar-refractivity contribution < 1.29 is 13.9 Å². The molecule has 0 aliphatic heterocycles. The Labute approximate surface area is 113 Å². The van der Waals surface area contributed by atoms with Crippen LogP contribution >= 0.6 is 15.9 Å². The molecule has 0 heterocycles. The summed E-state index contributed by atoms with van der Waals surface area (Å²) in [6.45, 7) is 0.325. The van der Waals surface area contributed by atoms with Crippen LogP contribution in [0.5, 0.6) is 5.75 Å². The highest BCUT2D eigenvalue weighted by Gasteiger charge is 2.05. The molecule has 0 saturated heterocycles. The van der Waals surface area contributed by atoms with Gasteiger partial charge in [0.25, 0.3) is 0 Å². The summed E-state index contributed by atoms with van der Waals surface area (Å²) < 4.78 is 19.4. The van der Waals surface area contributed by atoms with E-state index in [0.29, 0.717) is 18.6 Å². The van der Waals surface area contributed by atoms with Gasteiger partial charge in [-0.1, -0.05) is 28.1 Å². The van der Waals surface area contributed by atoms with E-state index in [0.717, 1.165) is 16.1 Å². The highest BCUT2D eigenvalue weighted by molar-refractivity contribution is 9.10. The molecule has 0 unspecified atom stereocenters. The molecule has 2 aromatic carbocycles. The van der Waals surface area contributed by atoms with Gasteiger partial charge in [-0.15, -0.1) is 0 Å². The van der Waals surface area contributed by atoms with Gasteiger partial charge in [0.1, 0.15) is 18.2 Å². The van der Waals surface area contributed by atoms with Crippen LogP contribution in [-0.4, -0.2) is 6.29 Å². The number of carbonyl (C=O) groups is 1. The van der Waals surface area contributed by atoms with Crippen molar-refractivity contribution in [1.29, 1.82) is 0 Å². The van der Waals surface area contributed by atoms with Gasteiger partial charge >= 0.3 is 0 Å². The van der Waals surface area contributed by atoms with Crippen LogP contribution < -0.4 is 4.74 Å². The second-order valence-electron chi connectivity index (χ2n) is 3.72. The molecule has 18 heavy (non-hydrogen) atoms. The smallest absolute Gasteiger partial charge is 0.153 e. The molecule has 0 aromatic heterocycles. The lowest BCUT2D eigenvalue weighted by atomic mass is 10.2. The van der Waals surface area contributed by atoms with Crippen molar-refractivity contribution in [3.8, 4) is 5.75 Å². The lowest BCUT2D eigenvalue weighted by Gasteiger charge is -2.08. The third-order valence-corrected chi connectivity index (χ3v) is 2.88. The van der Waals surface area contributed by atoms with Gasteiger partial charge in [0.05, 0.1) is 5.56 Å². The summed E-state index contributed by atoms with van der Waals surface area (Å²) in [5, 5.41) is 0. The zero-order valence-electron chi connectivity index (χ0n) is 9.40. The van der Waals surface area contributed by atoms with Gasteiger partial charge in [-0.3, -0.25) is 4.79 Å². The number of aldehydes is 1. The molecule has 4 heteroatoms. The third-order valence-electron chi connectivity index (χ3n) is 2.38. The molecular weight excluding hydrogens is 299 g/mol. The monoisotopic (exact) mass is 308 g/mol. The van der Waals surface area contributed by atoms with E-state index < -0.39 is 5.82 Å². The Morgan fingerprint density at radius 1 is 1.22 bits per heavy atom. The molecule has 0 N–H and O–H groups in total. The molecule has 0 radical (unpaired) electrons. The van der Waals surface area contributed by atoms with Crippen LogP contribution in [0.4, 0.5) is 4.39 Å². The molecule has 0 fully saturated rings. The Balaban J connectivity index is 2.13. The second-order valence-corrected chi connectivity index (χ2v) is 4.63. The van der Waals surface area contributed by atoms with E-state index >= 15 is 0 Å². The average molecular weight is 309 g/mol. The summed E-state index contributed by atoms with van der Waals surface area (Å²) in [5.41, 5.74) is 1.18. The summed E-state index contributed by atoms with van der Waals surface area (Å²) in [6, 6.07) is 11.5. The van der Waals surface area contributed by atoms with E-state index in [1.54, 1.807) is 0 Å². The first-order valence-corrected chi connectivity index (χ1v) is 6.10. The van der Waals surface area contributed by atoms with Gasteiger partial charge in [-0.2, -0.15) is 0 Å². The summed E-state index contributed by atoms with van der Waals surface area (Å²) >= 11 is 3.36. The maximum atomic E-state index is 12.9. The highest BCUT2D eigenvalue weighted by atomic mass is 79.9. The number of hydrogen-bond donors (Lipinski definition) is 0. The lowest BCUT2D eigenvalue weighted by molar-refractivity contribution is 0.111. The Kier molecular flexibility index (Phi) is 4.10. The molecule has 0 amide bonds. The number of halogens is 2. The first-order valence-electron chi connectivity index (χ1n) is 5.31. The lowest BCUT2D eigenvalue weighted by Crippen LogP contribution is -1.98. The van der Waals surface area contributed by atoms with Gasteiger partial charge in [0, 0.05) is 4.47 Å².